The highest BCUT2D eigenvalue weighted by Crippen LogP contribution is 2.13. The van der Waals surface area contributed by atoms with Crippen molar-refractivity contribution in [1.82, 2.24) is 10.3 Å². The Morgan fingerprint density at radius 3 is 2.86 bits per heavy atom. The van der Waals surface area contributed by atoms with Crippen LogP contribution in [-0.2, 0) is 11.3 Å². The molecule has 0 radical (unpaired) electrons. The number of nitrogens with zero attached hydrogens (tertiary/aromatic N) is 1. The van der Waals surface area contributed by atoms with E-state index >= 15 is 0 Å². The maximum absolute atomic E-state index is 13.5. The molecule has 0 spiro atoms. The molecule has 1 aromatic heterocycles. The first-order valence-electron chi connectivity index (χ1n) is 6.40. The van der Waals surface area contributed by atoms with Crippen LogP contribution in [0, 0.1) is 17.7 Å². The minimum Gasteiger partial charge on any atom is -0.445 e. The maximum atomic E-state index is 13.5. The lowest BCUT2D eigenvalue weighted by Crippen LogP contribution is -2.24. The van der Waals surface area contributed by atoms with E-state index in [2.05, 4.69) is 22.1 Å². The number of rotatable bonds is 3. The average Bonchev–Trinajstić information content (AvgIpc) is 2.54. The molecule has 0 saturated carbocycles. The van der Waals surface area contributed by atoms with Gasteiger partial charge in [-0.05, 0) is 11.6 Å². The fourth-order valence-corrected chi connectivity index (χ4v) is 1.70. The van der Waals surface area contributed by atoms with Crippen LogP contribution in [0.4, 0.5) is 9.18 Å². The molecule has 0 saturated heterocycles. The summed E-state index contributed by atoms with van der Waals surface area (Å²) < 4.78 is 18.5. The van der Waals surface area contributed by atoms with E-state index in [-0.39, 0.29) is 23.9 Å². The third-order valence-electron chi connectivity index (χ3n) is 2.60. The first kappa shape index (κ1) is 15.8. The van der Waals surface area contributed by atoms with Gasteiger partial charge in [-0.2, -0.15) is 0 Å². The van der Waals surface area contributed by atoms with Gasteiger partial charge in [-0.1, -0.05) is 53.8 Å². The van der Waals surface area contributed by atoms with Crippen molar-refractivity contribution >= 4 is 17.7 Å². The molecule has 0 aliphatic rings. The second-order valence-corrected chi connectivity index (χ2v) is 4.54. The summed E-state index contributed by atoms with van der Waals surface area (Å²) in [5.74, 6) is 4.50. The van der Waals surface area contributed by atoms with Gasteiger partial charge < -0.3 is 10.1 Å². The molecule has 22 heavy (non-hydrogen) atoms. The number of aromatic nitrogens is 1. The lowest BCUT2D eigenvalue weighted by atomic mass is 10.2. The number of carbonyl (C=O) groups is 1. The SMILES string of the molecule is O=C(NCC#Cc1ccnc(Cl)c1F)OCc1ccccc1. The molecular formula is C16H12ClFN2O2. The van der Waals surface area contributed by atoms with Crippen molar-refractivity contribution < 1.29 is 13.9 Å². The molecule has 0 fully saturated rings. The largest absolute Gasteiger partial charge is 0.445 e. The normalized spacial score (nSPS) is 9.55. The van der Waals surface area contributed by atoms with E-state index in [0.29, 0.717) is 0 Å². The predicted octanol–water partition coefficient (Wildman–Crippen LogP) is 3.15. The number of ether oxygens (including phenoxy) is 1. The van der Waals surface area contributed by atoms with E-state index in [0.717, 1.165) is 5.56 Å². The molecule has 0 aliphatic carbocycles. The summed E-state index contributed by atoms with van der Waals surface area (Å²) in [6.07, 6.45) is 0.767. The van der Waals surface area contributed by atoms with E-state index in [1.165, 1.54) is 12.3 Å². The molecule has 2 aromatic rings. The number of alkyl carbamates (subject to hydrolysis) is 1. The van der Waals surface area contributed by atoms with Gasteiger partial charge in [-0.3, -0.25) is 0 Å². The molecule has 4 nitrogen and oxygen atoms in total. The van der Waals surface area contributed by atoms with Crippen LogP contribution < -0.4 is 5.32 Å². The van der Waals surface area contributed by atoms with Crippen molar-refractivity contribution in [2.45, 2.75) is 6.61 Å². The highest BCUT2D eigenvalue weighted by molar-refractivity contribution is 6.29. The Hall–Kier alpha value is -2.58. The Morgan fingerprint density at radius 2 is 2.09 bits per heavy atom. The summed E-state index contributed by atoms with van der Waals surface area (Å²) >= 11 is 5.53. The predicted molar refractivity (Wildman–Crippen MR) is 80.7 cm³/mol. The number of amides is 1. The summed E-state index contributed by atoms with van der Waals surface area (Å²) in [5, 5.41) is 2.22. The van der Waals surface area contributed by atoms with E-state index < -0.39 is 11.9 Å². The molecule has 2 rings (SSSR count). The summed E-state index contributed by atoms with van der Waals surface area (Å²) in [5.41, 5.74) is 1.01. The van der Waals surface area contributed by atoms with Crippen molar-refractivity contribution in [2.24, 2.45) is 0 Å². The lowest BCUT2D eigenvalue weighted by Gasteiger charge is -2.04. The quantitative estimate of drug-likeness (QED) is 0.698. The van der Waals surface area contributed by atoms with Crippen LogP contribution >= 0.6 is 11.6 Å². The van der Waals surface area contributed by atoms with Crippen molar-refractivity contribution in [2.75, 3.05) is 6.54 Å². The Kier molecular flexibility index (Phi) is 5.75. The number of halogens is 2. The van der Waals surface area contributed by atoms with E-state index in [1.54, 1.807) is 0 Å². The number of hydrogen-bond donors (Lipinski definition) is 1. The number of nitrogens with one attached hydrogen (secondary N) is 1. The Labute approximate surface area is 132 Å². The Morgan fingerprint density at radius 1 is 1.32 bits per heavy atom. The molecular weight excluding hydrogens is 307 g/mol. The van der Waals surface area contributed by atoms with Gasteiger partial charge in [0, 0.05) is 6.20 Å². The van der Waals surface area contributed by atoms with Crippen LogP contribution in [0.2, 0.25) is 5.15 Å². The minimum atomic E-state index is -0.677. The van der Waals surface area contributed by atoms with Crippen molar-refractivity contribution in [1.29, 1.82) is 0 Å². The molecule has 0 aliphatic heterocycles. The molecule has 1 N–H and O–H groups in total. The van der Waals surface area contributed by atoms with Crippen LogP contribution in [0.25, 0.3) is 0 Å². The van der Waals surface area contributed by atoms with Gasteiger partial charge >= 0.3 is 6.09 Å². The van der Waals surface area contributed by atoms with Crippen molar-refractivity contribution in [3.05, 3.63) is 64.7 Å². The number of carbonyl (C=O) groups excluding carboxylic acids is 1. The summed E-state index contributed by atoms with van der Waals surface area (Å²) in [6, 6.07) is 10.7. The number of hydrogen-bond acceptors (Lipinski definition) is 3. The zero-order valence-electron chi connectivity index (χ0n) is 11.5. The molecule has 1 amide bonds. The van der Waals surface area contributed by atoms with Crippen molar-refractivity contribution in [3.8, 4) is 11.8 Å². The second-order valence-electron chi connectivity index (χ2n) is 4.18. The van der Waals surface area contributed by atoms with Gasteiger partial charge in [-0.25, -0.2) is 14.2 Å². The highest BCUT2D eigenvalue weighted by Gasteiger charge is 2.04. The van der Waals surface area contributed by atoms with Gasteiger partial charge in [0.2, 0.25) is 0 Å². The average molecular weight is 319 g/mol. The smallest absolute Gasteiger partial charge is 0.408 e. The maximum Gasteiger partial charge on any atom is 0.408 e. The molecule has 0 unspecified atom stereocenters. The zero-order valence-corrected chi connectivity index (χ0v) is 12.2. The van der Waals surface area contributed by atoms with E-state index in [4.69, 9.17) is 16.3 Å². The topological polar surface area (TPSA) is 51.2 Å². The Balaban J connectivity index is 1.78. The van der Waals surface area contributed by atoms with Gasteiger partial charge in [0.1, 0.15) is 6.61 Å². The zero-order chi connectivity index (χ0) is 15.8. The molecule has 0 atom stereocenters. The van der Waals surface area contributed by atoms with Crippen LogP contribution in [0.3, 0.4) is 0 Å². The van der Waals surface area contributed by atoms with Crippen LogP contribution in [-0.4, -0.2) is 17.6 Å². The number of pyridine rings is 1. The second kappa shape index (κ2) is 8.01. The van der Waals surface area contributed by atoms with Gasteiger partial charge in [0.05, 0.1) is 12.1 Å². The number of benzene rings is 1. The van der Waals surface area contributed by atoms with Crippen LogP contribution in [0.15, 0.2) is 42.6 Å². The first-order valence-corrected chi connectivity index (χ1v) is 6.78. The van der Waals surface area contributed by atoms with Gasteiger partial charge in [0.15, 0.2) is 11.0 Å². The molecule has 6 heteroatoms. The fraction of sp³-hybridized carbons (Fsp3) is 0.125. The molecule has 112 valence electrons. The van der Waals surface area contributed by atoms with Gasteiger partial charge in [0.25, 0.3) is 0 Å². The van der Waals surface area contributed by atoms with Gasteiger partial charge in [-0.15, -0.1) is 0 Å². The molecule has 1 aromatic carbocycles. The molecule has 0 bridgehead atoms. The molecule has 1 heterocycles. The summed E-state index contributed by atoms with van der Waals surface area (Å²) in [6.45, 7) is 0.210. The third kappa shape index (κ3) is 4.76. The monoisotopic (exact) mass is 318 g/mol. The minimum absolute atomic E-state index is 0.0347. The lowest BCUT2D eigenvalue weighted by molar-refractivity contribution is 0.141. The van der Waals surface area contributed by atoms with Crippen LogP contribution in [0.5, 0.6) is 0 Å². The first-order chi connectivity index (χ1) is 10.7. The van der Waals surface area contributed by atoms with E-state index in [1.807, 2.05) is 30.3 Å². The van der Waals surface area contributed by atoms with E-state index in [9.17, 15) is 9.18 Å². The van der Waals surface area contributed by atoms with Crippen molar-refractivity contribution in [3.63, 3.8) is 0 Å². The Bertz CT molecular complexity index is 711. The summed E-state index contributed by atoms with van der Waals surface area (Å²) in [4.78, 5) is 15.0. The van der Waals surface area contributed by atoms with Crippen LogP contribution in [0.1, 0.15) is 11.1 Å². The highest BCUT2D eigenvalue weighted by atomic mass is 35.5. The summed E-state index contributed by atoms with van der Waals surface area (Å²) in [7, 11) is 0. The standard InChI is InChI=1S/C16H12ClFN2O2/c17-15-14(18)13(8-10-19-15)7-4-9-20-16(21)22-11-12-5-2-1-3-6-12/h1-3,5-6,8,10H,9,11H2,(H,20,21). The third-order valence-corrected chi connectivity index (χ3v) is 2.87. The fourth-order valence-electron chi connectivity index (χ4n) is 1.54.